The van der Waals surface area contributed by atoms with Gasteiger partial charge in [-0.3, -0.25) is 4.98 Å². The zero-order valence-electron chi connectivity index (χ0n) is 11.9. The summed E-state index contributed by atoms with van der Waals surface area (Å²) in [5.41, 5.74) is 2.58. The third kappa shape index (κ3) is 3.14. The minimum Gasteiger partial charge on any atom is -0.306 e. The predicted octanol–water partition coefficient (Wildman–Crippen LogP) is 4.85. The summed E-state index contributed by atoms with van der Waals surface area (Å²) in [5, 5.41) is 6.05. The maximum Gasteiger partial charge on any atom is 0.0346 e. The molecule has 0 aliphatic carbocycles. The molecule has 0 aliphatic rings. The van der Waals surface area contributed by atoms with Crippen LogP contribution in [-0.2, 0) is 6.54 Å². The minimum absolute atomic E-state index is 0.290. The summed E-state index contributed by atoms with van der Waals surface area (Å²) < 4.78 is 1.15. The van der Waals surface area contributed by atoms with Gasteiger partial charge in [0.25, 0.3) is 0 Å². The molecule has 0 amide bonds. The van der Waals surface area contributed by atoms with E-state index < -0.39 is 0 Å². The van der Waals surface area contributed by atoms with Crippen molar-refractivity contribution in [1.29, 1.82) is 0 Å². The van der Waals surface area contributed by atoms with Crippen molar-refractivity contribution in [2.24, 2.45) is 0 Å². The number of benzene rings is 2. The topological polar surface area (TPSA) is 24.9 Å². The minimum atomic E-state index is 0.290. The Kier molecular flexibility index (Phi) is 4.32. The molecule has 1 unspecified atom stereocenters. The monoisotopic (exact) mass is 340 g/mol. The lowest BCUT2D eigenvalue weighted by atomic mass is 10.1. The maximum absolute atomic E-state index is 4.18. The molecule has 0 spiro atoms. The summed E-state index contributed by atoms with van der Waals surface area (Å²) in [6.07, 6.45) is 3.76. The Morgan fingerprint density at radius 1 is 1.10 bits per heavy atom. The molecule has 0 fully saturated rings. The van der Waals surface area contributed by atoms with Crippen molar-refractivity contribution < 1.29 is 0 Å². The van der Waals surface area contributed by atoms with Gasteiger partial charge in [-0.25, -0.2) is 0 Å². The molecule has 3 heteroatoms. The van der Waals surface area contributed by atoms with Crippen LogP contribution >= 0.6 is 15.9 Å². The first-order chi connectivity index (χ1) is 10.3. The Morgan fingerprint density at radius 2 is 1.95 bits per heavy atom. The molecular weight excluding hydrogens is 324 g/mol. The van der Waals surface area contributed by atoms with E-state index in [1.54, 1.807) is 0 Å². The van der Waals surface area contributed by atoms with Crippen molar-refractivity contribution in [3.05, 3.63) is 76.5 Å². The van der Waals surface area contributed by atoms with Gasteiger partial charge in [0.1, 0.15) is 0 Å². The zero-order valence-corrected chi connectivity index (χ0v) is 13.5. The van der Waals surface area contributed by atoms with Gasteiger partial charge in [0, 0.05) is 34.8 Å². The van der Waals surface area contributed by atoms with Crippen molar-refractivity contribution in [2.45, 2.75) is 19.5 Å². The van der Waals surface area contributed by atoms with E-state index in [0.29, 0.717) is 0 Å². The van der Waals surface area contributed by atoms with Crippen molar-refractivity contribution in [2.75, 3.05) is 0 Å². The molecule has 3 aromatic rings. The van der Waals surface area contributed by atoms with E-state index >= 15 is 0 Å². The highest BCUT2D eigenvalue weighted by molar-refractivity contribution is 9.10. The van der Waals surface area contributed by atoms with Crippen LogP contribution in [0.2, 0.25) is 0 Å². The number of hydrogen-bond donors (Lipinski definition) is 1. The Labute approximate surface area is 133 Å². The quantitative estimate of drug-likeness (QED) is 0.734. The van der Waals surface area contributed by atoms with E-state index in [-0.39, 0.29) is 6.04 Å². The van der Waals surface area contributed by atoms with Gasteiger partial charge in [0.05, 0.1) is 0 Å². The highest BCUT2D eigenvalue weighted by atomic mass is 79.9. The molecular formula is C18H17BrN2. The molecule has 1 aromatic heterocycles. The highest BCUT2D eigenvalue weighted by Gasteiger charge is 2.09. The Balaban J connectivity index is 1.79. The second kappa shape index (κ2) is 6.37. The summed E-state index contributed by atoms with van der Waals surface area (Å²) >= 11 is 3.61. The Bertz CT molecular complexity index is 750. The molecule has 1 heterocycles. The lowest BCUT2D eigenvalue weighted by Crippen LogP contribution is -2.18. The summed E-state index contributed by atoms with van der Waals surface area (Å²) in [7, 11) is 0. The third-order valence-corrected chi connectivity index (χ3v) is 4.46. The zero-order chi connectivity index (χ0) is 14.7. The number of rotatable bonds is 4. The van der Waals surface area contributed by atoms with Crippen LogP contribution in [0.1, 0.15) is 24.1 Å². The number of pyridine rings is 1. The van der Waals surface area contributed by atoms with E-state index in [4.69, 9.17) is 0 Å². The predicted molar refractivity (Wildman–Crippen MR) is 91.1 cm³/mol. The van der Waals surface area contributed by atoms with Crippen LogP contribution in [0.15, 0.2) is 65.4 Å². The number of halogens is 1. The molecule has 21 heavy (non-hydrogen) atoms. The number of nitrogens with zero attached hydrogens (tertiary/aromatic N) is 1. The van der Waals surface area contributed by atoms with Crippen LogP contribution < -0.4 is 5.32 Å². The first kappa shape index (κ1) is 14.2. The van der Waals surface area contributed by atoms with Crippen molar-refractivity contribution in [3.8, 4) is 0 Å². The molecule has 0 bridgehead atoms. The summed E-state index contributed by atoms with van der Waals surface area (Å²) in [6.45, 7) is 3.02. The normalized spacial score (nSPS) is 12.5. The Hall–Kier alpha value is -1.71. The first-order valence-corrected chi connectivity index (χ1v) is 7.84. The number of nitrogens with one attached hydrogen (secondary N) is 1. The molecule has 0 radical (unpaired) electrons. The van der Waals surface area contributed by atoms with Crippen LogP contribution in [0.25, 0.3) is 10.8 Å². The smallest absolute Gasteiger partial charge is 0.0346 e. The summed E-state index contributed by atoms with van der Waals surface area (Å²) in [6, 6.07) is 17.1. The molecule has 2 nitrogen and oxygen atoms in total. The fourth-order valence-corrected chi connectivity index (χ4v) is 3.17. The molecule has 2 aromatic carbocycles. The van der Waals surface area contributed by atoms with Gasteiger partial charge in [0.15, 0.2) is 0 Å². The molecule has 106 valence electrons. The van der Waals surface area contributed by atoms with Crippen LogP contribution in [0.4, 0.5) is 0 Å². The largest absolute Gasteiger partial charge is 0.306 e. The fourth-order valence-electron chi connectivity index (χ4n) is 2.54. The molecule has 1 atom stereocenters. The lowest BCUT2D eigenvalue weighted by molar-refractivity contribution is 0.574. The molecule has 0 saturated heterocycles. The molecule has 3 rings (SSSR count). The van der Waals surface area contributed by atoms with E-state index in [1.165, 1.54) is 21.9 Å². The second-order valence-electron chi connectivity index (χ2n) is 5.14. The van der Waals surface area contributed by atoms with Gasteiger partial charge < -0.3 is 5.32 Å². The maximum atomic E-state index is 4.18. The third-order valence-electron chi connectivity index (χ3n) is 3.74. The van der Waals surface area contributed by atoms with E-state index in [0.717, 1.165) is 11.0 Å². The van der Waals surface area contributed by atoms with E-state index in [2.05, 4.69) is 75.6 Å². The SMILES string of the molecule is CC(NCc1cccc2cnccc12)c1ccccc1Br. The van der Waals surface area contributed by atoms with Crippen LogP contribution in [0, 0.1) is 0 Å². The van der Waals surface area contributed by atoms with E-state index in [1.807, 2.05) is 18.5 Å². The van der Waals surface area contributed by atoms with Gasteiger partial charge in [-0.1, -0.05) is 52.3 Å². The van der Waals surface area contributed by atoms with Crippen LogP contribution in [0.5, 0.6) is 0 Å². The molecule has 0 saturated carbocycles. The number of aromatic nitrogens is 1. The fraction of sp³-hybridized carbons (Fsp3) is 0.167. The van der Waals surface area contributed by atoms with Crippen LogP contribution in [0.3, 0.4) is 0 Å². The van der Waals surface area contributed by atoms with Gasteiger partial charge in [0.2, 0.25) is 0 Å². The highest BCUT2D eigenvalue weighted by Crippen LogP contribution is 2.24. The van der Waals surface area contributed by atoms with Gasteiger partial charge in [-0.2, -0.15) is 0 Å². The van der Waals surface area contributed by atoms with Crippen molar-refractivity contribution >= 4 is 26.7 Å². The standard InChI is InChI=1S/C18H17BrN2/c1-13(16-7-2-3-8-18(16)19)21-12-15-6-4-5-14-11-20-10-9-17(14)15/h2-11,13,21H,12H2,1H3. The molecule has 0 aliphatic heterocycles. The van der Waals surface area contributed by atoms with Crippen LogP contribution in [-0.4, -0.2) is 4.98 Å². The first-order valence-electron chi connectivity index (χ1n) is 7.05. The van der Waals surface area contributed by atoms with Crippen molar-refractivity contribution in [1.82, 2.24) is 10.3 Å². The number of fused-ring (bicyclic) bond motifs is 1. The lowest BCUT2D eigenvalue weighted by Gasteiger charge is -2.16. The number of hydrogen-bond acceptors (Lipinski definition) is 2. The van der Waals surface area contributed by atoms with Crippen molar-refractivity contribution in [3.63, 3.8) is 0 Å². The molecule has 1 N–H and O–H groups in total. The van der Waals surface area contributed by atoms with Gasteiger partial charge >= 0.3 is 0 Å². The Morgan fingerprint density at radius 3 is 2.81 bits per heavy atom. The average molecular weight is 341 g/mol. The van der Waals surface area contributed by atoms with Gasteiger partial charge in [-0.05, 0) is 35.6 Å². The average Bonchev–Trinajstić information content (AvgIpc) is 2.53. The summed E-state index contributed by atoms with van der Waals surface area (Å²) in [4.78, 5) is 4.18. The second-order valence-corrected chi connectivity index (χ2v) is 5.99. The van der Waals surface area contributed by atoms with Gasteiger partial charge in [-0.15, -0.1) is 0 Å². The summed E-state index contributed by atoms with van der Waals surface area (Å²) in [5.74, 6) is 0. The van der Waals surface area contributed by atoms with E-state index in [9.17, 15) is 0 Å².